The minimum atomic E-state index is -2.28. The molecule has 15 unspecified atom stereocenters. The van der Waals surface area contributed by atoms with E-state index in [0.29, 0.717) is 17.0 Å². The molecule has 33 nitrogen and oxygen atoms in total. The fraction of sp³-hybridized carbons (Fsp3) is 0.407. The molecule has 7 aromatic carbocycles. The zero-order valence-electron chi connectivity index (χ0n) is 66.6. The molecular weight excluding hydrogens is 1660 g/mol. The van der Waals surface area contributed by atoms with E-state index in [2.05, 4.69) is 26.6 Å². The van der Waals surface area contributed by atoms with Gasteiger partial charge in [0, 0.05) is 71.5 Å². The molecule has 7 heterocycles. The second-order valence-electron chi connectivity index (χ2n) is 31.4. The van der Waals surface area contributed by atoms with Crippen LogP contribution in [0.25, 0.3) is 22.3 Å². The number of phenols is 3. The van der Waals surface area contributed by atoms with Crippen molar-refractivity contribution in [2.75, 3.05) is 20.3 Å². The van der Waals surface area contributed by atoms with Gasteiger partial charge in [-0.15, -0.1) is 0 Å². The van der Waals surface area contributed by atoms with E-state index in [1.165, 1.54) is 32.2 Å². The van der Waals surface area contributed by atoms with E-state index < -0.39 is 261 Å². The van der Waals surface area contributed by atoms with Gasteiger partial charge in [-0.3, -0.25) is 33.6 Å². The second-order valence-corrected chi connectivity index (χ2v) is 32.6. The van der Waals surface area contributed by atoms with E-state index in [1.807, 2.05) is 50.2 Å². The number of aliphatic hydroxyl groups is 6. The summed E-state index contributed by atoms with van der Waals surface area (Å²) in [7, 11) is 1.17. The van der Waals surface area contributed by atoms with Crippen LogP contribution >= 0.6 is 34.8 Å². The number of nitrogens with two attached hydrogens (primary N) is 1. The van der Waals surface area contributed by atoms with Gasteiger partial charge in [-0.2, -0.15) is 0 Å². The lowest BCUT2D eigenvalue weighted by molar-refractivity contribution is -0.334. The van der Waals surface area contributed by atoms with Gasteiger partial charge in [0.1, 0.15) is 77.4 Å². The number of hydrogen-bond donors (Lipinski definition) is 16. The van der Waals surface area contributed by atoms with E-state index in [-0.39, 0.29) is 59.4 Å². The molecule has 19 atom stereocenters. The van der Waals surface area contributed by atoms with Crippen molar-refractivity contribution in [3.05, 3.63) is 176 Å². The first-order valence-corrected chi connectivity index (χ1v) is 40.3. The maximum atomic E-state index is 16.4. The molecule has 0 saturated carbocycles. The molecule has 17 N–H and O–H groups in total. The molecule has 7 aromatic rings. The van der Waals surface area contributed by atoms with Crippen molar-refractivity contribution in [1.82, 2.24) is 26.6 Å². The summed E-state index contributed by atoms with van der Waals surface area (Å²) in [5, 5.41) is 130. The molecule has 5 amide bonds. The van der Waals surface area contributed by atoms with E-state index in [9.17, 15) is 70.2 Å². The smallest absolute Gasteiger partial charge is 0.336 e. The number of phenolic OH excluding ortho intramolecular Hbond substituents is 3. The zero-order valence-corrected chi connectivity index (χ0v) is 68.8. The van der Waals surface area contributed by atoms with E-state index in [4.69, 9.17) is 78.4 Å². The number of ether oxygens (including phenoxy) is 8. The summed E-state index contributed by atoms with van der Waals surface area (Å²) in [6.07, 6.45) is -22.3. The topological polar surface area (TPSA) is 516 Å². The number of aliphatic carboxylic acids is 1. The van der Waals surface area contributed by atoms with Crippen LogP contribution in [0.4, 0.5) is 0 Å². The van der Waals surface area contributed by atoms with Gasteiger partial charge in [0.15, 0.2) is 47.6 Å². The Labute approximate surface area is 713 Å². The molecule has 7 aliphatic rings. The first-order chi connectivity index (χ1) is 57.9. The number of carboxylic acids is 1. The van der Waals surface area contributed by atoms with Crippen LogP contribution in [-0.4, -0.2) is 197 Å². The quantitative estimate of drug-likeness (QED) is 0.0315. The van der Waals surface area contributed by atoms with Crippen LogP contribution in [0.15, 0.2) is 127 Å². The van der Waals surface area contributed by atoms with Gasteiger partial charge in [0.25, 0.3) is 0 Å². The van der Waals surface area contributed by atoms with Gasteiger partial charge in [-0.25, -0.2) is 9.59 Å². The fourth-order valence-electron chi connectivity index (χ4n) is 15.7. The largest absolute Gasteiger partial charge is 0.508 e. The number of nitrogens with one attached hydrogen (secondary N) is 5. The van der Waals surface area contributed by atoms with Crippen LogP contribution in [0.1, 0.15) is 137 Å². The molecule has 2 saturated heterocycles. The van der Waals surface area contributed by atoms with Crippen molar-refractivity contribution in [3.63, 3.8) is 0 Å². The normalized spacial score (nSPS) is 26.7. The minimum absolute atomic E-state index is 0.0378. The molecule has 0 spiro atoms. The number of Topliss-reactive ketones (excluding diaryl/α,β-unsaturated/α-hetero) is 2. The number of rotatable bonds is 21. The molecule has 36 heteroatoms. The van der Waals surface area contributed by atoms with Gasteiger partial charge >= 0.3 is 11.9 Å². The van der Waals surface area contributed by atoms with Crippen LogP contribution in [0, 0.1) is 17.8 Å². The highest BCUT2D eigenvalue weighted by Gasteiger charge is 2.53. The first-order valence-electron chi connectivity index (χ1n) is 39.2. The Kier molecular flexibility index (Phi) is 28.6. The molecule has 650 valence electrons. The SMILES string of the molecule is CC[C@H](CC(C)C)C(=O)N[C@@H]1C(=O)CC(CC(N)=O)C(=O)NC2C(=O)CC3C(=O)N[C@H](C(=O)NC(C(=O)O)c4cc(O)cc(O)c4-c4cc3ccc4O)[C@H](O)c3ccc(c(Cl)c3)Oc3cc2cc(c3OC2OC(CO)C(O)C(O)C2OC2CC(C)(NCC(OCc3ccc(-c4ccc(Cl)cc4)cc3)C(=O)OC)C(O)C(C)O2)Oc2ccc(cc2Cl)C1O. The Hall–Kier alpha value is -10.6. The lowest BCUT2D eigenvalue weighted by Gasteiger charge is -2.48. The van der Waals surface area contributed by atoms with Gasteiger partial charge in [-0.05, 0) is 138 Å². The fourth-order valence-corrected chi connectivity index (χ4v) is 16.3. The summed E-state index contributed by atoms with van der Waals surface area (Å²) in [4.78, 5) is 132. The molecule has 0 aromatic heterocycles. The average Bonchev–Trinajstić information content (AvgIpc) is 0.764. The zero-order chi connectivity index (χ0) is 88.2. The minimum Gasteiger partial charge on any atom is -0.508 e. The molecule has 14 rings (SSSR count). The highest BCUT2D eigenvalue weighted by Crippen LogP contribution is 2.51. The Bertz CT molecular complexity index is 5120. The monoisotopic (exact) mass is 1750 g/mol. The summed E-state index contributed by atoms with van der Waals surface area (Å²) < 4.78 is 50.9. The highest BCUT2D eigenvalue weighted by molar-refractivity contribution is 6.32. The Morgan fingerprint density at radius 2 is 1.33 bits per heavy atom. The molecule has 122 heavy (non-hydrogen) atoms. The molecule has 2 fully saturated rings. The third-order valence-electron chi connectivity index (χ3n) is 22.3. The summed E-state index contributed by atoms with van der Waals surface area (Å²) in [6.45, 7) is 7.20. The predicted molar refractivity (Wildman–Crippen MR) is 434 cm³/mol. The number of aliphatic hydroxyl groups excluding tert-OH is 6. The van der Waals surface area contributed by atoms with Crippen molar-refractivity contribution in [2.45, 2.75) is 183 Å². The number of methoxy groups -OCH3 is 1. The van der Waals surface area contributed by atoms with Crippen LogP contribution in [0.3, 0.4) is 0 Å². The third-order valence-corrected chi connectivity index (χ3v) is 23.2. The number of amides is 5. The second kappa shape index (κ2) is 38.4. The number of ketones is 2. The predicted octanol–water partition coefficient (Wildman–Crippen LogP) is 7.23. The lowest BCUT2D eigenvalue weighted by Crippen LogP contribution is -2.66. The van der Waals surface area contributed by atoms with E-state index in [0.717, 1.165) is 71.8 Å². The maximum Gasteiger partial charge on any atom is 0.336 e. The molecule has 0 aliphatic carbocycles. The van der Waals surface area contributed by atoms with Crippen LogP contribution < -0.4 is 46.5 Å². The number of carboxylic acid groups (broad SMARTS) is 1. The van der Waals surface area contributed by atoms with Crippen molar-refractivity contribution in [1.29, 1.82) is 0 Å². The maximum absolute atomic E-state index is 16.4. The van der Waals surface area contributed by atoms with Gasteiger partial charge in [0.05, 0.1) is 54.4 Å². The number of hydrogen-bond acceptors (Lipinski definition) is 27. The molecule has 11 bridgehead atoms. The lowest BCUT2D eigenvalue weighted by atomic mass is 9.84. The summed E-state index contributed by atoms with van der Waals surface area (Å²) in [6, 6.07) is 20.0. The first kappa shape index (κ1) is 90.6. The summed E-state index contributed by atoms with van der Waals surface area (Å²) >= 11 is 20.5. The number of esters is 1. The Morgan fingerprint density at radius 3 is 1.93 bits per heavy atom. The van der Waals surface area contributed by atoms with Crippen LogP contribution in [-0.2, 0) is 73.4 Å². The number of aromatic hydroxyl groups is 3. The highest BCUT2D eigenvalue weighted by atomic mass is 35.5. The number of carbonyl (C=O) groups excluding carboxylic acids is 8. The van der Waals surface area contributed by atoms with Crippen molar-refractivity contribution in [2.24, 2.45) is 23.5 Å². The number of halogens is 3. The molecular formula is C86H93Cl3N6O27. The van der Waals surface area contributed by atoms with E-state index >= 15 is 24.0 Å². The van der Waals surface area contributed by atoms with E-state index in [1.54, 1.807) is 26.0 Å². The van der Waals surface area contributed by atoms with Gasteiger partial charge < -0.3 is 121 Å². The summed E-state index contributed by atoms with van der Waals surface area (Å²) in [5.74, 6) is -20.2. The average molecular weight is 1750 g/mol. The number of primary amides is 1. The number of carbonyl (C=O) groups is 9. The van der Waals surface area contributed by atoms with Crippen LogP contribution in [0.2, 0.25) is 15.1 Å². The van der Waals surface area contributed by atoms with Gasteiger partial charge in [-0.1, -0.05) is 110 Å². The molecule has 7 aliphatic heterocycles. The van der Waals surface area contributed by atoms with Gasteiger partial charge in [0.2, 0.25) is 41.6 Å². The number of fused-ring (bicyclic) bond motifs is 15. The Morgan fingerprint density at radius 1 is 0.697 bits per heavy atom. The molecule has 0 radical (unpaired) electrons. The Balaban J connectivity index is 1.01. The van der Waals surface area contributed by atoms with Crippen molar-refractivity contribution < 1.29 is 132 Å². The van der Waals surface area contributed by atoms with Crippen molar-refractivity contribution >= 4 is 87.8 Å². The summed E-state index contributed by atoms with van der Waals surface area (Å²) in [5.41, 5.74) is 4.30. The third kappa shape index (κ3) is 20.2. The van der Waals surface area contributed by atoms with Crippen molar-refractivity contribution in [3.8, 4) is 68.2 Å². The number of benzene rings is 7. The van der Waals surface area contributed by atoms with Crippen LogP contribution in [0.5, 0.6) is 46.0 Å². The standard InChI is InChI=1S/C86H93Cl3N6O27/c1-7-40(22-37(2)3)79(108)94-70-57(100)26-47(29-65(90)102)80(109)92-68-46-27-61(118-59-20-15-44(72(70)103)24-53(59)88)76(122-85-77(75(106)74(105)64(35-96)120-85)121-66-33-86(5,78(107)38(4)117-66)91-34-63(84(114)115-6)116-36-39-8-10-41(11-9-39)42-12-17-48(87)18-13-42)62(28-46)119-60-21-16-45(25-54(60)89)73(104)71-82(111)93-69(83(112)113)52-30-49(97)31-56(99)67(52)51-23-43(14-19-55(51)98)50(32-58(68)101)81(110)95-71/h8-21,23-25,27-28,30-31,37-38,40,47,50,63-64,66,68-75,77-78,85,91,96-99,103-107H,7,22,26,29,32-36H2,1-6H3,(H2,90,102)(H,92,109)(H,93,111)(H,94,108)(H,95,110)(H,112,113)/t38?,40-,47?,50?,63?,64?,66?,68?,69?,70-,71+,72?,73-,74?,75?,77?,78?,85?,86?/m1/s1.